The summed E-state index contributed by atoms with van der Waals surface area (Å²) >= 11 is 6.50. The van der Waals surface area contributed by atoms with Gasteiger partial charge in [0.1, 0.15) is 0 Å². The first kappa shape index (κ1) is 17.8. The number of carbonyl (C=O) groups is 1. The van der Waals surface area contributed by atoms with Crippen LogP contribution in [0.25, 0.3) is 10.8 Å². The van der Waals surface area contributed by atoms with Crippen LogP contribution in [0, 0.1) is 0 Å². The highest BCUT2D eigenvalue weighted by molar-refractivity contribution is 6.34. The largest absolute Gasteiger partial charge is 0.366 e. The molecular formula is C22H22ClN3O. The number of rotatable bonds is 3. The first-order valence-corrected chi connectivity index (χ1v) is 9.52. The van der Waals surface area contributed by atoms with Crippen LogP contribution in [-0.2, 0) is 0 Å². The molecule has 0 radical (unpaired) electrons. The lowest BCUT2D eigenvalue weighted by Crippen LogP contribution is -2.44. The van der Waals surface area contributed by atoms with E-state index in [4.69, 9.17) is 11.6 Å². The maximum absolute atomic E-state index is 12.9. The molecule has 0 saturated carbocycles. The minimum Gasteiger partial charge on any atom is -0.366 e. The number of piperazine rings is 1. The summed E-state index contributed by atoms with van der Waals surface area (Å²) in [5, 5.41) is 5.90. The van der Waals surface area contributed by atoms with Crippen molar-refractivity contribution in [3.05, 3.63) is 71.2 Å². The van der Waals surface area contributed by atoms with E-state index in [9.17, 15) is 4.79 Å². The fourth-order valence-electron chi connectivity index (χ4n) is 3.49. The fourth-order valence-corrected chi connectivity index (χ4v) is 3.79. The van der Waals surface area contributed by atoms with Crippen molar-refractivity contribution in [2.75, 3.05) is 43.4 Å². The van der Waals surface area contributed by atoms with Gasteiger partial charge in [0.2, 0.25) is 0 Å². The predicted octanol–water partition coefficient (Wildman–Crippen LogP) is 4.50. The van der Waals surface area contributed by atoms with Crippen LogP contribution in [0.3, 0.4) is 0 Å². The lowest BCUT2D eigenvalue weighted by Gasteiger charge is -2.35. The number of anilines is 2. The number of nitrogens with one attached hydrogen (secondary N) is 1. The van der Waals surface area contributed by atoms with E-state index in [1.54, 1.807) is 0 Å². The van der Waals surface area contributed by atoms with Crippen molar-refractivity contribution in [1.29, 1.82) is 0 Å². The van der Waals surface area contributed by atoms with Crippen LogP contribution in [0.5, 0.6) is 0 Å². The summed E-state index contributed by atoms with van der Waals surface area (Å²) in [6.45, 7) is 3.73. The van der Waals surface area contributed by atoms with Crippen LogP contribution in [-0.4, -0.2) is 44.0 Å². The molecule has 1 fully saturated rings. The van der Waals surface area contributed by atoms with Gasteiger partial charge in [0.15, 0.2) is 0 Å². The van der Waals surface area contributed by atoms with Crippen LogP contribution >= 0.6 is 11.6 Å². The highest BCUT2D eigenvalue weighted by Gasteiger charge is 2.20. The zero-order valence-electron chi connectivity index (χ0n) is 15.3. The lowest BCUT2D eigenvalue weighted by molar-refractivity contribution is 0.102. The van der Waals surface area contributed by atoms with Crippen molar-refractivity contribution in [1.82, 2.24) is 4.90 Å². The zero-order valence-corrected chi connectivity index (χ0v) is 16.0. The highest BCUT2D eigenvalue weighted by atomic mass is 35.5. The van der Waals surface area contributed by atoms with Gasteiger partial charge in [-0.1, -0.05) is 48.0 Å². The number of halogens is 1. The maximum atomic E-state index is 12.9. The van der Waals surface area contributed by atoms with Gasteiger partial charge < -0.3 is 15.1 Å². The molecule has 0 bridgehead atoms. The van der Waals surface area contributed by atoms with Gasteiger partial charge in [-0.3, -0.25) is 4.79 Å². The van der Waals surface area contributed by atoms with Gasteiger partial charge in [-0.25, -0.2) is 0 Å². The number of amides is 1. The number of hydrogen-bond acceptors (Lipinski definition) is 3. The van der Waals surface area contributed by atoms with E-state index in [0.29, 0.717) is 10.6 Å². The second kappa shape index (κ2) is 7.59. The minimum absolute atomic E-state index is 0.126. The average Bonchev–Trinajstić information content (AvgIpc) is 2.69. The summed E-state index contributed by atoms with van der Waals surface area (Å²) in [4.78, 5) is 17.4. The van der Waals surface area contributed by atoms with Gasteiger partial charge in [0, 0.05) is 31.7 Å². The van der Waals surface area contributed by atoms with Crippen LogP contribution in [0.2, 0.25) is 5.02 Å². The molecular weight excluding hydrogens is 358 g/mol. The van der Waals surface area contributed by atoms with E-state index in [2.05, 4.69) is 22.2 Å². The Labute approximate surface area is 164 Å². The van der Waals surface area contributed by atoms with Crippen molar-refractivity contribution >= 4 is 39.7 Å². The number of fused-ring (bicyclic) bond motifs is 1. The number of para-hydroxylation sites is 1. The Morgan fingerprint density at radius 2 is 1.67 bits per heavy atom. The molecule has 5 heteroatoms. The molecule has 0 unspecified atom stereocenters. The Balaban J connectivity index is 1.61. The molecule has 1 saturated heterocycles. The molecule has 0 aromatic heterocycles. The molecule has 138 valence electrons. The highest BCUT2D eigenvalue weighted by Crippen LogP contribution is 2.35. The topological polar surface area (TPSA) is 35.6 Å². The predicted molar refractivity (Wildman–Crippen MR) is 113 cm³/mol. The molecule has 0 aliphatic carbocycles. The van der Waals surface area contributed by atoms with Gasteiger partial charge in [0.25, 0.3) is 5.91 Å². The number of benzene rings is 3. The zero-order chi connectivity index (χ0) is 18.8. The molecule has 0 spiro atoms. The summed E-state index contributed by atoms with van der Waals surface area (Å²) in [6, 6.07) is 19.5. The number of carbonyl (C=O) groups excluding carboxylic acids is 1. The standard InChI is InChI=1S/C22H22ClN3O/c1-25-11-13-26(14-12-25)21-19(23)7-4-8-20(21)24-22(27)18-10-9-16-5-2-3-6-17(16)15-18/h2-10,15H,11-14H2,1H3,(H,24,27). The van der Waals surface area contributed by atoms with Crippen LogP contribution in [0.1, 0.15) is 10.4 Å². The molecule has 1 amide bonds. The SMILES string of the molecule is CN1CCN(c2c(Cl)cccc2NC(=O)c2ccc3ccccc3c2)CC1. The smallest absolute Gasteiger partial charge is 0.255 e. The van der Waals surface area contributed by atoms with Gasteiger partial charge in [-0.05, 0) is 42.1 Å². The average molecular weight is 380 g/mol. The summed E-state index contributed by atoms with van der Waals surface area (Å²) in [7, 11) is 2.12. The van der Waals surface area contributed by atoms with Crippen LogP contribution in [0.15, 0.2) is 60.7 Å². The number of nitrogens with zero attached hydrogens (tertiary/aromatic N) is 2. The van der Waals surface area contributed by atoms with Gasteiger partial charge in [0.05, 0.1) is 16.4 Å². The quantitative estimate of drug-likeness (QED) is 0.727. The van der Waals surface area contributed by atoms with Gasteiger partial charge >= 0.3 is 0 Å². The van der Waals surface area contributed by atoms with E-state index >= 15 is 0 Å². The van der Waals surface area contributed by atoms with Gasteiger partial charge in [-0.15, -0.1) is 0 Å². The van der Waals surface area contributed by atoms with Gasteiger partial charge in [-0.2, -0.15) is 0 Å². The van der Waals surface area contributed by atoms with Crippen molar-refractivity contribution in [3.63, 3.8) is 0 Å². The van der Waals surface area contributed by atoms with E-state index in [1.807, 2.05) is 60.7 Å². The Morgan fingerprint density at radius 1 is 0.926 bits per heavy atom. The normalized spacial score (nSPS) is 15.1. The molecule has 4 nitrogen and oxygen atoms in total. The third kappa shape index (κ3) is 3.77. The summed E-state index contributed by atoms with van der Waals surface area (Å²) in [5.74, 6) is -0.126. The fraction of sp³-hybridized carbons (Fsp3) is 0.227. The Bertz CT molecular complexity index is 980. The molecule has 3 aromatic rings. The maximum Gasteiger partial charge on any atom is 0.255 e. The Kier molecular flexibility index (Phi) is 5.01. The lowest BCUT2D eigenvalue weighted by atomic mass is 10.1. The monoisotopic (exact) mass is 379 g/mol. The first-order valence-electron chi connectivity index (χ1n) is 9.14. The molecule has 1 aliphatic heterocycles. The molecule has 1 aliphatic rings. The Hall–Kier alpha value is -2.56. The van der Waals surface area contributed by atoms with Crippen molar-refractivity contribution in [2.45, 2.75) is 0 Å². The van der Waals surface area contributed by atoms with Crippen LogP contribution < -0.4 is 10.2 Å². The van der Waals surface area contributed by atoms with Crippen molar-refractivity contribution in [3.8, 4) is 0 Å². The molecule has 1 N–H and O–H groups in total. The van der Waals surface area contributed by atoms with E-state index < -0.39 is 0 Å². The molecule has 27 heavy (non-hydrogen) atoms. The van der Waals surface area contributed by atoms with Crippen molar-refractivity contribution < 1.29 is 4.79 Å². The first-order chi connectivity index (χ1) is 13.1. The number of hydrogen-bond donors (Lipinski definition) is 1. The Morgan fingerprint density at radius 3 is 2.44 bits per heavy atom. The minimum atomic E-state index is -0.126. The summed E-state index contributed by atoms with van der Waals surface area (Å²) in [6.07, 6.45) is 0. The molecule has 3 aromatic carbocycles. The summed E-state index contributed by atoms with van der Waals surface area (Å²) < 4.78 is 0. The third-order valence-electron chi connectivity index (χ3n) is 5.07. The second-order valence-corrected chi connectivity index (χ2v) is 7.35. The number of likely N-dealkylation sites (N-methyl/N-ethyl adjacent to an activating group) is 1. The van der Waals surface area contributed by atoms with E-state index in [0.717, 1.165) is 48.3 Å². The third-order valence-corrected chi connectivity index (χ3v) is 5.37. The molecule has 0 atom stereocenters. The second-order valence-electron chi connectivity index (χ2n) is 6.94. The summed E-state index contributed by atoms with van der Waals surface area (Å²) in [5.41, 5.74) is 2.30. The molecule has 1 heterocycles. The van der Waals surface area contributed by atoms with E-state index in [-0.39, 0.29) is 5.91 Å². The molecule has 4 rings (SSSR count). The van der Waals surface area contributed by atoms with Crippen molar-refractivity contribution in [2.24, 2.45) is 0 Å². The van der Waals surface area contributed by atoms with Crippen LogP contribution in [0.4, 0.5) is 11.4 Å². The van der Waals surface area contributed by atoms with E-state index in [1.165, 1.54) is 0 Å².